The molecule has 4 aromatic heterocycles. The monoisotopic (exact) mass is 481 g/mol. The van der Waals surface area contributed by atoms with E-state index < -0.39 is 0 Å². The third kappa shape index (κ3) is 5.12. The molecule has 10 heteroatoms. The van der Waals surface area contributed by atoms with Crippen molar-refractivity contribution in [3.8, 4) is 16.5 Å². The Morgan fingerprint density at radius 3 is 2.76 bits per heavy atom. The molecule has 0 aromatic carbocycles. The summed E-state index contributed by atoms with van der Waals surface area (Å²) in [6, 6.07) is 4.05. The van der Waals surface area contributed by atoms with Crippen LogP contribution in [0.15, 0.2) is 29.9 Å². The zero-order valence-electron chi connectivity index (χ0n) is 19.0. The van der Waals surface area contributed by atoms with E-state index in [1.807, 2.05) is 37.6 Å². The highest BCUT2D eigenvalue weighted by molar-refractivity contribution is 7.15. The first-order valence-corrected chi connectivity index (χ1v) is 12.6. The van der Waals surface area contributed by atoms with Gasteiger partial charge in [-0.3, -0.25) is 4.79 Å². The lowest BCUT2D eigenvalue weighted by Crippen LogP contribution is -2.26. The number of unbranched alkanes of at least 4 members (excludes halogenated alkanes) is 1. The molecular weight excluding hydrogens is 454 g/mol. The van der Waals surface area contributed by atoms with Gasteiger partial charge in [0.05, 0.1) is 33.7 Å². The molecule has 8 nitrogen and oxygen atoms in total. The highest BCUT2D eigenvalue weighted by Crippen LogP contribution is 2.26. The Kier molecular flexibility index (Phi) is 7.14. The van der Waals surface area contributed by atoms with Crippen LogP contribution in [0, 0.1) is 13.8 Å². The van der Waals surface area contributed by atoms with Gasteiger partial charge >= 0.3 is 0 Å². The number of thiazole rings is 1. The first-order valence-electron chi connectivity index (χ1n) is 10.9. The maximum atomic E-state index is 13.0. The Bertz CT molecular complexity index is 1240. The number of carbonyl (C=O) groups excluding carboxylic acids is 1. The Morgan fingerprint density at radius 2 is 2.06 bits per heavy atom. The molecule has 0 fully saturated rings. The average molecular weight is 482 g/mol. The fourth-order valence-electron chi connectivity index (χ4n) is 3.59. The number of thiophene rings is 1. The number of nitrogens with two attached hydrogens (primary N) is 1. The SMILES string of the molecule is CCCCc1c(C(=O)NCCc2sc(N)nc2C)cnn1-c1ncc(C)c(-c2cccs2)n1. The van der Waals surface area contributed by atoms with Gasteiger partial charge in [0.1, 0.15) is 0 Å². The lowest BCUT2D eigenvalue weighted by molar-refractivity contribution is 0.0953. The van der Waals surface area contributed by atoms with Crippen molar-refractivity contribution in [2.75, 3.05) is 12.3 Å². The van der Waals surface area contributed by atoms with E-state index in [1.54, 1.807) is 22.2 Å². The van der Waals surface area contributed by atoms with Crippen molar-refractivity contribution in [1.82, 2.24) is 30.0 Å². The molecule has 0 aliphatic rings. The van der Waals surface area contributed by atoms with E-state index in [-0.39, 0.29) is 5.91 Å². The number of hydrogen-bond acceptors (Lipinski definition) is 8. The van der Waals surface area contributed by atoms with Gasteiger partial charge in [0.25, 0.3) is 11.9 Å². The molecule has 172 valence electrons. The smallest absolute Gasteiger partial charge is 0.254 e. The summed E-state index contributed by atoms with van der Waals surface area (Å²) >= 11 is 3.10. The maximum absolute atomic E-state index is 13.0. The normalized spacial score (nSPS) is 11.1. The van der Waals surface area contributed by atoms with Crippen LogP contribution in [0.1, 0.15) is 52.0 Å². The summed E-state index contributed by atoms with van der Waals surface area (Å²) in [4.78, 5) is 28.7. The predicted molar refractivity (Wildman–Crippen MR) is 133 cm³/mol. The Hall–Kier alpha value is -3.11. The summed E-state index contributed by atoms with van der Waals surface area (Å²) in [6.07, 6.45) is 6.78. The molecule has 0 spiro atoms. The lowest BCUT2D eigenvalue weighted by atomic mass is 10.1. The van der Waals surface area contributed by atoms with Crippen LogP contribution in [-0.2, 0) is 12.8 Å². The van der Waals surface area contributed by atoms with Gasteiger partial charge in [0.2, 0.25) is 0 Å². The summed E-state index contributed by atoms with van der Waals surface area (Å²) in [5, 5.41) is 10.1. The molecule has 0 unspecified atom stereocenters. The number of rotatable bonds is 9. The largest absolute Gasteiger partial charge is 0.375 e. The molecule has 0 aliphatic carbocycles. The van der Waals surface area contributed by atoms with E-state index in [0.29, 0.717) is 29.6 Å². The highest BCUT2D eigenvalue weighted by atomic mass is 32.1. The Morgan fingerprint density at radius 1 is 1.21 bits per heavy atom. The van der Waals surface area contributed by atoms with Crippen molar-refractivity contribution in [1.29, 1.82) is 0 Å². The van der Waals surface area contributed by atoms with E-state index >= 15 is 0 Å². The predicted octanol–water partition coefficient (Wildman–Crippen LogP) is 4.36. The van der Waals surface area contributed by atoms with Gasteiger partial charge in [-0.15, -0.1) is 22.7 Å². The minimum Gasteiger partial charge on any atom is -0.375 e. The second-order valence-corrected chi connectivity index (χ2v) is 9.83. The summed E-state index contributed by atoms with van der Waals surface area (Å²) in [5.41, 5.74) is 9.97. The molecular formula is C23H27N7OS2. The molecule has 4 heterocycles. The van der Waals surface area contributed by atoms with Crippen molar-refractivity contribution in [3.63, 3.8) is 0 Å². The van der Waals surface area contributed by atoms with Gasteiger partial charge in [-0.2, -0.15) is 5.10 Å². The maximum Gasteiger partial charge on any atom is 0.254 e. The second-order valence-electron chi connectivity index (χ2n) is 7.77. The van der Waals surface area contributed by atoms with E-state index in [1.165, 1.54) is 11.3 Å². The van der Waals surface area contributed by atoms with Crippen LogP contribution in [-0.4, -0.2) is 37.2 Å². The van der Waals surface area contributed by atoms with Crippen LogP contribution in [0.25, 0.3) is 16.5 Å². The summed E-state index contributed by atoms with van der Waals surface area (Å²) in [6.45, 7) is 6.56. The fourth-order valence-corrected chi connectivity index (χ4v) is 5.20. The van der Waals surface area contributed by atoms with Gasteiger partial charge < -0.3 is 11.1 Å². The van der Waals surface area contributed by atoms with Crippen LogP contribution in [0.2, 0.25) is 0 Å². The quantitative estimate of drug-likeness (QED) is 0.367. The van der Waals surface area contributed by atoms with Crippen molar-refractivity contribution < 1.29 is 4.79 Å². The molecule has 0 saturated heterocycles. The molecule has 4 rings (SSSR count). The van der Waals surface area contributed by atoms with E-state index in [2.05, 4.69) is 27.3 Å². The Labute approximate surface area is 200 Å². The zero-order chi connectivity index (χ0) is 23.4. The van der Waals surface area contributed by atoms with Crippen LogP contribution < -0.4 is 11.1 Å². The molecule has 3 N–H and O–H groups in total. The van der Waals surface area contributed by atoms with Gasteiger partial charge in [-0.05, 0) is 43.7 Å². The number of nitrogen functional groups attached to an aromatic ring is 1. The van der Waals surface area contributed by atoms with Crippen LogP contribution in [0.3, 0.4) is 0 Å². The third-order valence-electron chi connectivity index (χ3n) is 5.33. The molecule has 33 heavy (non-hydrogen) atoms. The van der Waals surface area contributed by atoms with E-state index in [0.717, 1.165) is 51.7 Å². The number of aryl methyl sites for hydroxylation is 2. The van der Waals surface area contributed by atoms with Gasteiger partial charge in [0, 0.05) is 24.0 Å². The number of hydrogen-bond donors (Lipinski definition) is 2. The molecule has 4 aromatic rings. The standard InChI is InChI=1S/C23H27N7OS2/c1-4-5-7-17-16(21(31)25-10-9-18-15(3)28-22(24)33-18)13-27-30(17)23-26-12-14(2)20(29-23)19-8-6-11-32-19/h6,8,11-13H,4-5,7,9-10H2,1-3H3,(H2,24,28)(H,25,31). The second kappa shape index (κ2) is 10.2. The van der Waals surface area contributed by atoms with E-state index in [4.69, 9.17) is 10.7 Å². The summed E-state index contributed by atoms with van der Waals surface area (Å²) in [7, 11) is 0. The molecule has 0 bridgehead atoms. The van der Waals surface area contributed by atoms with Crippen molar-refractivity contribution in [2.45, 2.75) is 46.5 Å². The minimum atomic E-state index is -0.145. The first-order chi connectivity index (χ1) is 16.0. The Balaban J connectivity index is 1.58. The van der Waals surface area contributed by atoms with Gasteiger partial charge in [-0.25, -0.2) is 19.6 Å². The van der Waals surface area contributed by atoms with E-state index in [9.17, 15) is 4.79 Å². The number of anilines is 1. The van der Waals surface area contributed by atoms with Crippen molar-refractivity contribution >= 4 is 33.7 Å². The molecule has 0 atom stereocenters. The molecule has 0 saturated carbocycles. The lowest BCUT2D eigenvalue weighted by Gasteiger charge is -2.10. The molecule has 1 amide bonds. The number of amides is 1. The molecule has 0 aliphatic heterocycles. The van der Waals surface area contributed by atoms with Crippen molar-refractivity contribution in [3.05, 3.63) is 57.3 Å². The zero-order valence-corrected chi connectivity index (χ0v) is 20.6. The summed E-state index contributed by atoms with van der Waals surface area (Å²) < 4.78 is 1.70. The van der Waals surface area contributed by atoms with Gasteiger partial charge in [0.15, 0.2) is 5.13 Å². The van der Waals surface area contributed by atoms with Gasteiger partial charge in [-0.1, -0.05) is 19.4 Å². The average Bonchev–Trinajstić information content (AvgIpc) is 3.53. The fraction of sp³-hybridized carbons (Fsp3) is 0.348. The number of aromatic nitrogens is 5. The van der Waals surface area contributed by atoms with Crippen LogP contribution in [0.4, 0.5) is 5.13 Å². The molecule has 0 radical (unpaired) electrons. The number of carbonyl (C=O) groups is 1. The third-order valence-corrected chi connectivity index (χ3v) is 7.25. The summed E-state index contributed by atoms with van der Waals surface area (Å²) in [5.74, 6) is 0.331. The number of nitrogens with zero attached hydrogens (tertiary/aromatic N) is 5. The first kappa shape index (κ1) is 23.1. The number of nitrogens with one attached hydrogen (secondary N) is 1. The van der Waals surface area contributed by atoms with Crippen LogP contribution in [0.5, 0.6) is 0 Å². The van der Waals surface area contributed by atoms with Crippen molar-refractivity contribution in [2.24, 2.45) is 0 Å². The highest BCUT2D eigenvalue weighted by Gasteiger charge is 2.20. The van der Waals surface area contributed by atoms with Crippen LogP contribution >= 0.6 is 22.7 Å². The minimum absolute atomic E-state index is 0.145. The topological polar surface area (TPSA) is 112 Å².